The summed E-state index contributed by atoms with van der Waals surface area (Å²) >= 11 is 0. The van der Waals surface area contributed by atoms with Crippen molar-refractivity contribution in [2.24, 2.45) is 0 Å². The van der Waals surface area contributed by atoms with Crippen LogP contribution in [0.25, 0.3) is 0 Å². The lowest BCUT2D eigenvalue weighted by Crippen LogP contribution is -2.37. The molecule has 2 atom stereocenters. The van der Waals surface area contributed by atoms with Gasteiger partial charge in [-0.25, -0.2) is 4.57 Å². The molecule has 1 N–H and O–H groups in total. The van der Waals surface area contributed by atoms with E-state index in [1.807, 2.05) is 21.1 Å². The highest BCUT2D eigenvalue weighted by Crippen LogP contribution is 2.43. The van der Waals surface area contributed by atoms with Crippen molar-refractivity contribution in [3.63, 3.8) is 0 Å². The van der Waals surface area contributed by atoms with Crippen LogP contribution in [-0.4, -0.2) is 74.9 Å². The van der Waals surface area contributed by atoms with Crippen LogP contribution in [0, 0.1) is 0 Å². The zero-order valence-corrected chi connectivity index (χ0v) is 55.8. The van der Waals surface area contributed by atoms with E-state index in [9.17, 15) is 19.0 Å². The van der Waals surface area contributed by atoms with E-state index >= 15 is 0 Å². The number of ether oxygens (including phenoxy) is 2. The molecule has 10 heteroatoms. The normalized spacial score (nSPS) is 13.7. The topological polar surface area (TPSA) is 108 Å². The summed E-state index contributed by atoms with van der Waals surface area (Å²) in [6.07, 6.45) is 86.8. The SMILES string of the molecule is CC/C=C\C/C=C\C/C=C\C/C=C\C/C=C\C/C=C\C/C=C\CCCCCCCCCCCC(=O)OC(COC(=O)CCCCCCCCCCCCCCCCCCCCCCCCCCCCCC)COP(=O)(O)OCC[N+](C)(C)C. The lowest BCUT2D eigenvalue weighted by molar-refractivity contribution is -0.870. The van der Waals surface area contributed by atoms with Crippen molar-refractivity contribution in [3.8, 4) is 0 Å². The number of rotatable bonds is 64. The van der Waals surface area contributed by atoms with Crippen molar-refractivity contribution < 1.29 is 42.1 Å². The Morgan fingerprint density at radius 3 is 1.02 bits per heavy atom. The van der Waals surface area contributed by atoms with Crippen molar-refractivity contribution >= 4 is 19.8 Å². The molecule has 0 amide bonds. The number of phosphoric ester groups is 1. The molecule has 0 spiro atoms. The van der Waals surface area contributed by atoms with Crippen LogP contribution in [-0.2, 0) is 32.7 Å². The van der Waals surface area contributed by atoms with Crippen molar-refractivity contribution in [1.82, 2.24) is 0 Å². The molecule has 83 heavy (non-hydrogen) atoms. The van der Waals surface area contributed by atoms with E-state index in [-0.39, 0.29) is 32.0 Å². The molecule has 0 saturated carbocycles. The Balaban J connectivity index is 4.07. The van der Waals surface area contributed by atoms with E-state index in [4.69, 9.17) is 18.5 Å². The van der Waals surface area contributed by atoms with Gasteiger partial charge in [0.15, 0.2) is 6.10 Å². The second kappa shape index (κ2) is 63.7. The van der Waals surface area contributed by atoms with Gasteiger partial charge in [0.2, 0.25) is 0 Å². The summed E-state index contributed by atoms with van der Waals surface area (Å²) in [5.41, 5.74) is 0. The maximum atomic E-state index is 12.9. The zero-order valence-electron chi connectivity index (χ0n) is 54.9. The largest absolute Gasteiger partial charge is 0.472 e. The maximum Gasteiger partial charge on any atom is 0.472 e. The van der Waals surface area contributed by atoms with Gasteiger partial charge in [-0.1, -0.05) is 317 Å². The monoisotopic (exact) mass is 1180 g/mol. The van der Waals surface area contributed by atoms with E-state index in [1.165, 1.54) is 193 Å². The Bertz CT molecular complexity index is 1680. The Morgan fingerprint density at radius 1 is 0.386 bits per heavy atom. The van der Waals surface area contributed by atoms with E-state index < -0.39 is 26.5 Å². The van der Waals surface area contributed by atoms with Crippen LogP contribution in [0.3, 0.4) is 0 Å². The van der Waals surface area contributed by atoms with Crippen LogP contribution in [0.5, 0.6) is 0 Å². The van der Waals surface area contributed by atoms with Crippen molar-refractivity contribution in [3.05, 3.63) is 85.1 Å². The summed E-state index contributed by atoms with van der Waals surface area (Å²) in [5, 5.41) is 0. The second-order valence-electron chi connectivity index (χ2n) is 24.5. The summed E-state index contributed by atoms with van der Waals surface area (Å²) in [7, 11) is 1.48. The predicted molar refractivity (Wildman–Crippen MR) is 358 cm³/mol. The molecule has 0 bridgehead atoms. The molecule has 0 rings (SSSR count). The maximum absolute atomic E-state index is 12.9. The van der Waals surface area contributed by atoms with Gasteiger partial charge in [-0.15, -0.1) is 0 Å². The summed E-state index contributed by atoms with van der Waals surface area (Å²) in [5.74, 6) is -0.794. The summed E-state index contributed by atoms with van der Waals surface area (Å²) < 4.78 is 34.7. The number of nitrogens with zero attached hydrogens (tertiary/aromatic N) is 1. The quantitative estimate of drug-likeness (QED) is 0.0211. The summed E-state index contributed by atoms with van der Waals surface area (Å²) in [6.45, 7) is 4.36. The molecule has 0 aliphatic carbocycles. The molecule has 0 fully saturated rings. The first-order valence-corrected chi connectivity index (χ1v) is 36.3. The highest BCUT2D eigenvalue weighted by molar-refractivity contribution is 7.47. The van der Waals surface area contributed by atoms with Gasteiger partial charge in [0.25, 0.3) is 0 Å². The van der Waals surface area contributed by atoms with Crippen LogP contribution in [0.2, 0.25) is 0 Å². The number of quaternary nitrogens is 1. The Morgan fingerprint density at radius 2 is 0.687 bits per heavy atom. The molecule has 0 aromatic carbocycles. The summed E-state index contributed by atoms with van der Waals surface area (Å²) in [4.78, 5) is 35.9. The fraction of sp³-hybridized carbons (Fsp3) is 0.781. The molecule has 9 nitrogen and oxygen atoms in total. The van der Waals surface area contributed by atoms with Crippen LogP contribution >= 0.6 is 7.82 Å². The van der Waals surface area contributed by atoms with E-state index in [0.717, 1.165) is 89.9 Å². The fourth-order valence-electron chi connectivity index (χ4n) is 9.88. The van der Waals surface area contributed by atoms with E-state index in [1.54, 1.807) is 0 Å². The lowest BCUT2D eigenvalue weighted by Gasteiger charge is -2.24. The standard InChI is InChI=1S/C73H132NO8P/c1-6-8-10-12-14-16-18-20-22-24-26-28-30-32-34-36-37-38-40-42-44-46-48-50-52-54-56-58-60-62-64-66-73(76)82-71(70-81-83(77,78)80-68-67-74(3,4)5)69-79-72(75)65-63-61-59-57-55-53-51-49-47-45-43-41-39-35-33-31-29-27-25-23-21-19-17-15-13-11-9-7-2/h8,10,14,16,20,22,26,28,32,34,37-38,42,44,71H,6-7,9,11-13,15,17-19,21,23-25,27,29-31,33,35-36,39-41,43,45-70H2,1-5H3/p+1/b10-8-,16-14-,22-20-,28-26-,34-32-,38-37-,44-42-. The number of hydrogen-bond acceptors (Lipinski definition) is 7. The lowest BCUT2D eigenvalue weighted by atomic mass is 10.0. The van der Waals surface area contributed by atoms with Gasteiger partial charge >= 0.3 is 19.8 Å². The van der Waals surface area contributed by atoms with E-state index in [2.05, 4.69) is 98.9 Å². The van der Waals surface area contributed by atoms with Crippen molar-refractivity contribution in [2.75, 3.05) is 47.5 Å². The molecule has 0 aromatic rings. The Labute approximate surface area is 513 Å². The number of hydrogen-bond donors (Lipinski definition) is 1. The predicted octanol–water partition coefficient (Wildman–Crippen LogP) is 22.5. The molecule has 0 aliphatic rings. The number of carbonyl (C=O) groups excluding carboxylic acids is 2. The van der Waals surface area contributed by atoms with Crippen LogP contribution in [0.4, 0.5) is 0 Å². The van der Waals surface area contributed by atoms with E-state index in [0.29, 0.717) is 17.4 Å². The second-order valence-corrected chi connectivity index (χ2v) is 26.0. The first-order chi connectivity index (χ1) is 40.5. The molecule has 0 aromatic heterocycles. The first kappa shape index (κ1) is 80.2. The summed E-state index contributed by atoms with van der Waals surface area (Å²) in [6, 6.07) is 0. The third-order valence-corrected chi connectivity index (χ3v) is 16.2. The number of unbranched alkanes of at least 4 members (excludes halogenated alkanes) is 36. The fourth-order valence-corrected chi connectivity index (χ4v) is 10.6. The molecular formula is C73H133NO8P+. The minimum atomic E-state index is -4.40. The van der Waals surface area contributed by atoms with Gasteiger partial charge in [-0.3, -0.25) is 18.6 Å². The third kappa shape index (κ3) is 68.2. The van der Waals surface area contributed by atoms with Crippen LogP contribution in [0.15, 0.2) is 85.1 Å². The average Bonchev–Trinajstić information content (AvgIpc) is 3.49. The van der Waals surface area contributed by atoms with Crippen molar-refractivity contribution in [2.45, 2.75) is 322 Å². The Hall–Kier alpha value is -2.81. The molecule has 0 radical (unpaired) electrons. The first-order valence-electron chi connectivity index (χ1n) is 34.8. The molecule has 0 saturated heterocycles. The average molecular weight is 1180 g/mol. The molecule has 0 aliphatic heterocycles. The van der Waals surface area contributed by atoms with Gasteiger partial charge in [0, 0.05) is 12.8 Å². The number of phosphoric acid groups is 1. The third-order valence-electron chi connectivity index (χ3n) is 15.2. The molecule has 482 valence electrons. The van der Waals surface area contributed by atoms with Gasteiger partial charge in [-0.2, -0.15) is 0 Å². The van der Waals surface area contributed by atoms with Gasteiger partial charge in [0.05, 0.1) is 27.7 Å². The molecule has 2 unspecified atom stereocenters. The molecule has 0 heterocycles. The number of likely N-dealkylation sites (N-methyl/N-ethyl adjacent to an activating group) is 1. The van der Waals surface area contributed by atoms with Gasteiger partial charge in [-0.05, 0) is 70.6 Å². The highest BCUT2D eigenvalue weighted by atomic mass is 31.2. The zero-order chi connectivity index (χ0) is 60.5. The number of carbonyl (C=O) groups is 2. The minimum Gasteiger partial charge on any atom is -0.462 e. The van der Waals surface area contributed by atoms with Gasteiger partial charge < -0.3 is 18.9 Å². The molecular weight excluding hydrogens is 1050 g/mol. The highest BCUT2D eigenvalue weighted by Gasteiger charge is 2.27. The smallest absolute Gasteiger partial charge is 0.462 e. The van der Waals surface area contributed by atoms with Crippen LogP contribution in [0.1, 0.15) is 316 Å². The number of allylic oxidation sites excluding steroid dienone is 14. The van der Waals surface area contributed by atoms with Gasteiger partial charge in [0.1, 0.15) is 19.8 Å². The Kier molecular flexibility index (Phi) is 61.5. The van der Waals surface area contributed by atoms with Crippen molar-refractivity contribution in [1.29, 1.82) is 0 Å². The minimum absolute atomic E-state index is 0.0286. The number of esters is 2. The van der Waals surface area contributed by atoms with Crippen LogP contribution < -0.4 is 0 Å².